The van der Waals surface area contributed by atoms with Crippen LogP contribution in [0.1, 0.15) is 48.0 Å². The lowest BCUT2D eigenvalue weighted by Crippen LogP contribution is -2.41. The zero-order chi connectivity index (χ0) is 30.4. The van der Waals surface area contributed by atoms with Gasteiger partial charge < -0.3 is 29.8 Å². The second-order valence-electron chi connectivity index (χ2n) is 13.6. The highest BCUT2D eigenvalue weighted by Gasteiger charge is 2.47. The summed E-state index contributed by atoms with van der Waals surface area (Å²) in [6.07, 6.45) is 6.85. The van der Waals surface area contributed by atoms with Crippen LogP contribution in [0.4, 0.5) is 5.69 Å². The summed E-state index contributed by atoms with van der Waals surface area (Å²) in [6.45, 7) is 2.65. The highest BCUT2D eigenvalue weighted by molar-refractivity contribution is 6.00. The van der Waals surface area contributed by atoms with Crippen LogP contribution in [0.25, 0.3) is 44.8 Å². The van der Waals surface area contributed by atoms with Gasteiger partial charge in [-0.2, -0.15) is 0 Å². The summed E-state index contributed by atoms with van der Waals surface area (Å²) in [4.78, 5) is 26.1. The van der Waals surface area contributed by atoms with Gasteiger partial charge >= 0.3 is 0 Å². The molecule has 3 fully saturated rings. The van der Waals surface area contributed by atoms with E-state index in [1.165, 1.54) is 30.5 Å². The van der Waals surface area contributed by atoms with Crippen LogP contribution in [0.15, 0.2) is 48.5 Å². The van der Waals surface area contributed by atoms with E-state index in [1.54, 1.807) is 7.11 Å². The third-order valence-electron chi connectivity index (χ3n) is 10.8. The number of carbonyl (C=O) groups excluding carboxylic acids is 1. The molecule has 1 amide bonds. The molecule has 3 N–H and O–H groups in total. The Bertz CT molecular complexity index is 2000. The molecule has 2 aromatic carbocycles. The number of ether oxygens (including phenoxy) is 1. The van der Waals surface area contributed by atoms with Crippen molar-refractivity contribution >= 4 is 33.7 Å². The molecule has 0 radical (unpaired) electrons. The van der Waals surface area contributed by atoms with Crippen molar-refractivity contribution in [2.45, 2.75) is 57.2 Å². The fraction of sp³-hybridized carbons (Fsp3) is 0.417. The van der Waals surface area contributed by atoms with Crippen molar-refractivity contribution in [3.05, 3.63) is 59.7 Å². The number of benzene rings is 2. The fourth-order valence-electron chi connectivity index (χ4n) is 8.10. The minimum absolute atomic E-state index is 0.0157. The Morgan fingerprint density at radius 1 is 1.07 bits per heavy atom. The van der Waals surface area contributed by atoms with Crippen molar-refractivity contribution in [3.63, 3.8) is 0 Å². The van der Waals surface area contributed by atoms with E-state index < -0.39 is 0 Å². The minimum Gasteiger partial charge on any atom is -0.494 e. The summed E-state index contributed by atoms with van der Waals surface area (Å²) in [6, 6.07) is 17.2. The maximum absolute atomic E-state index is 13.7. The number of carbonyl (C=O) groups is 1. The van der Waals surface area contributed by atoms with Crippen LogP contribution < -0.4 is 15.8 Å². The molecule has 4 aliphatic rings. The van der Waals surface area contributed by atoms with Gasteiger partial charge in [0.2, 0.25) is 0 Å². The number of aryl methyl sites for hydroxylation is 2. The number of fused-ring (bicyclic) bond motifs is 5. The molecule has 2 aliphatic carbocycles. The standard InChI is InChI=1S/C36H39N7O2/c1-41-33-28(15-25(17-31(33)45-2)36(44)43-19-24-10-12-29(43)32(24)37)40-35(41)30-16-23-9-11-26(39-34(23)42(30)18-20-5-6-20)22-8-7-21-4-3-13-38-27(21)14-22/h7-9,11,14-17,20,24,29,32,38H,3-6,10,12-13,18-19,37H2,1-2H3/t24?,29?,32-/m1/s1. The van der Waals surface area contributed by atoms with Crippen LogP contribution in [0.5, 0.6) is 5.75 Å². The first-order valence-electron chi connectivity index (χ1n) is 16.5. The summed E-state index contributed by atoms with van der Waals surface area (Å²) >= 11 is 0. The number of hydrogen-bond donors (Lipinski definition) is 2. The van der Waals surface area contributed by atoms with Crippen LogP contribution in [-0.4, -0.2) is 62.2 Å². The van der Waals surface area contributed by atoms with E-state index in [2.05, 4.69) is 50.8 Å². The number of nitrogens with one attached hydrogen (secondary N) is 1. The lowest BCUT2D eigenvalue weighted by molar-refractivity contribution is 0.0700. The number of imidazole rings is 1. The number of nitrogens with zero attached hydrogens (tertiary/aromatic N) is 5. The van der Waals surface area contributed by atoms with Crippen LogP contribution in [0.3, 0.4) is 0 Å². The van der Waals surface area contributed by atoms with Crippen molar-refractivity contribution in [3.8, 4) is 28.5 Å². The molecule has 3 aromatic heterocycles. The molecule has 9 nitrogen and oxygen atoms in total. The first kappa shape index (κ1) is 27.0. The number of piperidine rings is 1. The topological polar surface area (TPSA) is 103 Å². The van der Waals surface area contributed by atoms with Gasteiger partial charge in [-0.1, -0.05) is 12.1 Å². The largest absolute Gasteiger partial charge is 0.494 e. The molecule has 5 heterocycles. The average molecular weight is 602 g/mol. The van der Waals surface area contributed by atoms with Gasteiger partial charge in [-0.05, 0) is 92.3 Å². The number of pyridine rings is 1. The van der Waals surface area contributed by atoms with Crippen molar-refractivity contribution in [2.24, 2.45) is 24.6 Å². The normalized spacial score (nSPS) is 22.3. The fourth-order valence-corrected chi connectivity index (χ4v) is 8.10. The predicted octanol–water partition coefficient (Wildman–Crippen LogP) is 5.60. The van der Waals surface area contributed by atoms with E-state index in [1.807, 2.05) is 24.1 Å². The number of methoxy groups -OCH3 is 1. The molecule has 9 heteroatoms. The SMILES string of the molecule is COc1cc(C(=O)N2CC3CCC2[C@@H]3N)cc2nc(-c3cc4ccc(-c5ccc6c(c5)NCCC6)nc4n3CC3CC3)n(C)c12. The van der Waals surface area contributed by atoms with Crippen molar-refractivity contribution in [1.82, 2.24) is 24.0 Å². The first-order chi connectivity index (χ1) is 22.0. The van der Waals surface area contributed by atoms with Gasteiger partial charge in [-0.3, -0.25) is 4.79 Å². The smallest absolute Gasteiger partial charge is 0.254 e. The molecule has 2 bridgehead atoms. The maximum atomic E-state index is 13.7. The highest BCUT2D eigenvalue weighted by Crippen LogP contribution is 2.40. The zero-order valence-electron chi connectivity index (χ0n) is 25.9. The van der Waals surface area contributed by atoms with E-state index in [9.17, 15) is 4.79 Å². The van der Waals surface area contributed by atoms with Gasteiger partial charge in [0.15, 0.2) is 5.82 Å². The number of amides is 1. The third-order valence-corrected chi connectivity index (χ3v) is 10.8. The van der Waals surface area contributed by atoms with Crippen LogP contribution >= 0.6 is 0 Å². The Labute approximate surface area is 262 Å². The molecule has 9 rings (SSSR count). The number of anilines is 1. The summed E-state index contributed by atoms with van der Waals surface area (Å²) in [5.41, 5.74) is 15.4. The quantitative estimate of drug-likeness (QED) is 0.263. The summed E-state index contributed by atoms with van der Waals surface area (Å²) in [5, 5.41) is 4.66. The molecule has 5 aromatic rings. The monoisotopic (exact) mass is 601 g/mol. The van der Waals surface area contributed by atoms with E-state index in [4.69, 9.17) is 20.4 Å². The first-order valence-corrected chi connectivity index (χ1v) is 16.5. The number of aromatic nitrogens is 4. The van der Waals surface area contributed by atoms with Gasteiger partial charge in [0.05, 0.1) is 24.0 Å². The third kappa shape index (κ3) is 4.27. The van der Waals surface area contributed by atoms with E-state index >= 15 is 0 Å². The van der Waals surface area contributed by atoms with Crippen LogP contribution in [0, 0.1) is 11.8 Å². The summed E-state index contributed by atoms with van der Waals surface area (Å²) in [5.74, 6) is 2.55. The van der Waals surface area contributed by atoms with Gasteiger partial charge in [-0.15, -0.1) is 0 Å². The number of hydrogen-bond acceptors (Lipinski definition) is 6. The van der Waals surface area contributed by atoms with Gasteiger partial charge in [-0.25, -0.2) is 9.97 Å². The lowest BCUT2D eigenvalue weighted by atomic mass is 10.00. The molecule has 3 atom stereocenters. The van der Waals surface area contributed by atoms with Crippen LogP contribution in [0.2, 0.25) is 0 Å². The highest BCUT2D eigenvalue weighted by atomic mass is 16.5. The Morgan fingerprint density at radius 2 is 1.96 bits per heavy atom. The second kappa shape index (κ2) is 10.1. The molecule has 2 saturated carbocycles. The predicted molar refractivity (Wildman–Crippen MR) is 176 cm³/mol. The van der Waals surface area contributed by atoms with Crippen molar-refractivity contribution < 1.29 is 9.53 Å². The van der Waals surface area contributed by atoms with Crippen molar-refractivity contribution in [2.75, 3.05) is 25.5 Å². The Kier molecular flexibility index (Phi) is 6.04. The summed E-state index contributed by atoms with van der Waals surface area (Å²) in [7, 11) is 3.69. The van der Waals surface area contributed by atoms with Gasteiger partial charge in [0.1, 0.15) is 16.9 Å². The van der Waals surface area contributed by atoms with E-state index in [0.717, 1.165) is 83.7 Å². The maximum Gasteiger partial charge on any atom is 0.254 e. The van der Waals surface area contributed by atoms with Gasteiger partial charge in [0.25, 0.3) is 5.91 Å². The second-order valence-corrected chi connectivity index (χ2v) is 13.6. The molecular weight excluding hydrogens is 562 g/mol. The molecule has 0 spiro atoms. The number of nitrogens with two attached hydrogens (primary N) is 1. The molecule has 2 aliphatic heterocycles. The van der Waals surface area contributed by atoms with E-state index in [-0.39, 0.29) is 18.0 Å². The minimum atomic E-state index is 0.0157. The molecule has 1 saturated heterocycles. The molecule has 2 unspecified atom stereocenters. The summed E-state index contributed by atoms with van der Waals surface area (Å²) < 4.78 is 10.3. The Hall–Kier alpha value is -4.37. The van der Waals surface area contributed by atoms with Crippen LogP contribution in [-0.2, 0) is 20.0 Å². The average Bonchev–Trinajstić information content (AvgIpc) is 3.47. The molecule has 230 valence electrons. The lowest BCUT2D eigenvalue weighted by Gasteiger charge is -2.27. The van der Waals surface area contributed by atoms with Crippen molar-refractivity contribution in [1.29, 1.82) is 0 Å². The Balaban J connectivity index is 1.14. The zero-order valence-corrected chi connectivity index (χ0v) is 25.9. The Morgan fingerprint density at radius 3 is 2.73 bits per heavy atom. The number of rotatable bonds is 6. The van der Waals surface area contributed by atoms with Gasteiger partial charge in [0, 0.05) is 61.0 Å². The molecule has 45 heavy (non-hydrogen) atoms. The van der Waals surface area contributed by atoms with E-state index in [0.29, 0.717) is 23.1 Å². The molecular formula is C36H39N7O2. The number of likely N-dealkylation sites (tertiary alicyclic amines) is 1.